The molecule has 144 valence electrons. The molecule has 0 aliphatic carbocycles. The summed E-state index contributed by atoms with van der Waals surface area (Å²) in [6.45, 7) is 5.61. The molecule has 3 rings (SSSR count). The number of nitrogens with one attached hydrogen (secondary N) is 2. The number of rotatable bonds is 6. The predicted molar refractivity (Wildman–Crippen MR) is 113 cm³/mol. The van der Waals surface area contributed by atoms with Crippen LogP contribution < -0.4 is 10.6 Å². The van der Waals surface area contributed by atoms with E-state index in [0.29, 0.717) is 11.4 Å². The fraction of sp³-hybridized carbons (Fsp3) is 0.190. The van der Waals surface area contributed by atoms with E-state index in [1.54, 1.807) is 30.5 Å². The summed E-state index contributed by atoms with van der Waals surface area (Å²) in [6, 6.07) is 13.1. The maximum atomic E-state index is 12.3. The van der Waals surface area contributed by atoms with Crippen LogP contribution in [0.25, 0.3) is 5.69 Å². The van der Waals surface area contributed by atoms with Gasteiger partial charge in [0.05, 0.1) is 11.4 Å². The Bertz CT molecular complexity index is 996. The first-order valence-electron chi connectivity index (χ1n) is 8.84. The average molecular weight is 395 g/mol. The minimum atomic E-state index is -0.132. The van der Waals surface area contributed by atoms with E-state index in [0.717, 1.165) is 10.8 Å². The highest BCUT2D eigenvalue weighted by atomic mass is 32.2. The van der Waals surface area contributed by atoms with Gasteiger partial charge >= 0.3 is 0 Å². The fourth-order valence-electron chi connectivity index (χ4n) is 2.74. The van der Waals surface area contributed by atoms with Crippen molar-refractivity contribution in [2.24, 2.45) is 0 Å². The third-order valence-electron chi connectivity index (χ3n) is 4.26. The fourth-order valence-corrected chi connectivity index (χ4v) is 3.51. The van der Waals surface area contributed by atoms with Crippen molar-refractivity contribution in [1.29, 1.82) is 0 Å². The lowest BCUT2D eigenvalue weighted by Gasteiger charge is -2.12. The molecule has 6 nitrogen and oxygen atoms in total. The SMILES string of the molecule is CC(=O)Nc1ccc(NC(=O)CSc2nccn2-c2cccc(C)c2C)cc1. The second-order valence-corrected chi connectivity index (χ2v) is 7.34. The summed E-state index contributed by atoms with van der Waals surface area (Å²) in [6.07, 6.45) is 3.64. The Morgan fingerprint density at radius 2 is 1.71 bits per heavy atom. The minimum Gasteiger partial charge on any atom is -0.326 e. The molecule has 3 aromatic rings. The summed E-state index contributed by atoms with van der Waals surface area (Å²) in [5.41, 5.74) is 4.83. The number of thioether (sulfide) groups is 1. The lowest BCUT2D eigenvalue weighted by Crippen LogP contribution is -2.14. The molecule has 0 aliphatic heterocycles. The van der Waals surface area contributed by atoms with E-state index in [1.807, 2.05) is 22.9 Å². The molecule has 0 atom stereocenters. The maximum Gasteiger partial charge on any atom is 0.234 e. The molecule has 1 aromatic heterocycles. The summed E-state index contributed by atoms with van der Waals surface area (Å²) >= 11 is 1.38. The minimum absolute atomic E-state index is 0.118. The monoisotopic (exact) mass is 394 g/mol. The lowest BCUT2D eigenvalue weighted by atomic mass is 10.1. The van der Waals surface area contributed by atoms with Crippen LogP contribution in [0.5, 0.6) is 0 Å². The van der Waals surface area contributed by atoms with Gasteiger partial charge in [0, 0.05) is 30.7 Å². The van der Waals surface area contributed by atoms with Gasteiger partial charge in [-0.3, -0.25) is 14.2 Å². The Labute approximate surface area is 168 Å². The molecule has 0 radical (unpaired) electrons. The first-order chi connectivity index (χ1) is 13.4. The van der Waals surface area contributed by atoms with E-state index < -0.39 is 0 Å². The van der Waals surface area contributed by atoms with Crippen molar-refractivity contribution in [3.05, 3.63) is 66.0 Å². The van der Waals surface area contributed by atoms with Crippen LogP contribution in [0.1, 0.15) is 18.1 Å². The zero-order valence-corrected chi connectivity index (χ0v) is 16.8. The van der Waals surface area contributed by atoms with Gasteiger partial charge in [-0.05, 0) is 55.3 Å². The molecule has 0 unspecified atom stereocenters. The molecule has 2 aromatic carbocycles. The smallest absolute Gasteiger partial charge is 0.234 e. The van der Waals surface area contributed by atoms with Crippen LogP contribution in [0.3, 0.4) is 0 Å². The first kappa shape index (κ1) is 19.7. The van der Waals surface area contributed by atoms with Gasteiger partial charge in [-0.25, -0.2) is 4.98 Å². The Kier molecular flexibility index (Phi) is 6.16. The molecule has 7 heteroatoms. The molecule has 0 bridgehead atoms. The molecular weight excluding hydrogens is 372 g/mol. The van der Waals surface area contributed by atoms with Crippen molar-refractivity contribution in [3.8, 4) is 5.69 Å². The largest absolute Gasteiger partial charge is 0.326 e. The number of benzene rings is 2. The molecule has 2 N–H and O–H groups in total. The zero-order valence-electron chi connectivity index (χ0n) is 16.0. The Morgan fingerprint density at radius 3 is 2.39 bits per heavy atom. The molecule has 1 heterocycles. The van der Waals surface area contributed by atoms with Crippen LogP contribution >= 0.6 is 11.8 Å². The Balaban J connectivity index is 1.62. The summed E-state index contributed by atoms with van der Waals surface area (Å²) in [4.78, 5) is 27.7. The molecule has 0 spiro atoms. The van der Waals surface area contributed by atoms with Gasteiger partial charge in [-0.1, -0.05) is 23.9 Å². The van der Waals surface area contributed by atoms with Crippen LogP contribution in [0.15, 0.2) is 60.0 Å². The van der Waals surface area contributed by atoms with Crippen molar-refractivity contribution >= 4 is 35.0 Å². The van der Waals surface area contributed by atoms with Crippen LogP contribution in [0.4, 0.5) is 11.4 Å². The van der Waals surface area contributed by atoms with Crippen molar-refractivity contribution in [1.82, 2.24) is 9.55 Å². The number of nitrogens with zero attached hydrogens (tertiary/aromatic N) is 2. The molecular formula is C21H22N4O2S. The molecule has 0 saturated heterocycles. The van der Waals surface area contributed by atoms with E-state index in [9.17, 15) is 9.59 Å². The van der Waals surface area contributed by atoms with Crippen molar-refractivity contribution in [2.75, 3.05) is 16.4 Å². The van der Waals surface area contributed by atoms with Crippen molar-refractivity contribution in [3.63, 3.8) is 0 Å². The highest BCUT2D eigenvalue weighted by Crippen LogP contribution is 2.24. The summed E-state index contributed by atoms with van der Waals surface area (Å²) in [7, 11) is 0. The van der Waals surface area contributed by atoms with E-state index in [2.05, 4.69) is 35.5 Å². The van der Waals surface area contributed by atoms with E-state index in [1.165, 1.54) is 29.8 Å². The van der Waals surface area contributed by atoms with E-state index >= 15 is 0 Å². The third kappa shape index (κ3) is 4.80. The molecule has 0 aliphatic rings. The van der Waals surface area contributed by atoms with Gasteiger partial charge in [0.1, 0.15) is 0 Å². The zero-order chi connectivity index (χ0) is 20.1. The number of aryl methyl sites for hydroxylation is 1. The molecule has 0 saturated carbocycles. The van der Waals surface area contributed by atoms with Gasteiger partial charge in [-0.2, -0.15) is 0 Å². The Morgan fingerprint density at radius 1 is 1.04 bits per heavy atom. The van der Waals surface area contributed by atoms with Crippen LogP contribution in [0.2, 0.25) is 0 Å². The average Bonchev–Trinajstić information content (AvgIpc) is 3.12. The van der Waals surface area contributed by atoms with E-state index in [-0.39, 0.29) is 17.6 Å². The number of aromatic nitrogens is 2. The number of imidazole rings is 1. The maximum absolute atomic E-state index is 12.3. The number of carbonyl (C=O) groups is 2. The van der Waals surface area contributed by atoms with Crippen molar-refractivity contribution in [2.45, 2.75) is 25.9 Å². The standard InChI is InChI=1S/C21H22N4O2S/c1-14-5-4-6-19(15(14)2)25-12-11-22-21(25)28-13-20(27)24-18-9-7-17(8-10-18)23-16(3)26/h4-12H,13H2,1-3H3,(H,23,26)(H,24,27). The van der Waals surface area contributed by atoms with Gasteiger partial charge in [0.15, 0.2) is 5.16 Å². The lowest BCUT2D eigenvalue weighted by molar-refractivity contribution is -0.114. The molecule has 2 amide bonds. The number of hydrogen-bond donors (Lipinski definition) is 2. The topological polar surface area (TPSA) is 76.0 Å². The summed E-state index contributed by atoms with van der Waals surface area (Å²) in [5.74, 6) is -0.00434. The molecule has 0 fully saturated rings. The number of amides is 2. The van der Waals surface area contributed by atoms with Gasteiger partial charge in [0.2, 0.25) is 11.8 Å². The second-order valence-electron chi connectivity index (χ2n) is 6.39. The highest BCUT2D eigenvalue weighted by molar-refractivity contribution is 7.99. The quantitative estimate of drug-likeness (QED) is 0.615. The van der Waals surface area contributed by atoms with Crippen molar-refractivity contribution < 1.29 is 9.59 Å². The predicted octanol–water partition coefficient (Wildman–Crippen LogP) is 4.18. The first-order valence-corrected chi connectivity index (χ1v) is 9.83. The number of hydrogen-bond acceptors (Lipinski definition) is 4. The summed E-state index contributed by atoms with van der Waals surface area (Å²) in [5, 5.41) is 6.32. The Hall–Kier alpha value is -3.06. The van der Waals surface area contributed by atoms with Crippen LogP contribution in [0, 0.1) is 13.8 Å². The molecule has 28 heavy (non-hydrogen) atoms. The summed E-state index contributed by atoms with van der Waals surface area (Å²) < 4.78 is 2.00. The number of carbonyl (C=O) groups excluding carboxylic acids is 2. The normalized spacial score (nSPS) is 10.5. The third-order valence-corrected chi connectivity index (χ3v) is 5.23. The van der Waals surface area contributed by atoms with Gasteiger partial charge < -0.3 is 10.6 Å². The highest BCUT2D eigenvalue weighted by Gasteiger charge is 2.11. The van der Waals surface area contributed by atoms with Gasteiger partial charge in [-0.15, -0.1) is 0 Å². The van der Waals surface area contributed by atoms with Gasteiger partial charge in [0.25, 0.3) is 0 Å². The number of anilines is 2. The van der Waals surface area contributed by atoms with E-state index in [4.69, 9.17) is 0 Å². The second kappa shape index (κ2) is 8.75. The van der Waals surface area contributed by atoms with Crippen LogP contribution in [-0.2, 0) is 9.59 Å². The van der Waals surface area contributed by atoms with Crippen LogP contribution in [-0.4, -0.2) is 27.1 Å².